The number of hydrogen-bond acceptors (Lipinski definition) is 1. The maximum absolute atomic E-state index is 13.1. The van der Waals surface area contributed by atoms with Gasteiger partial charge in [-0.2, -0.15) is 0 Å². The molecule has 0 aliphatic heterocycles. The molecule has 0 radical (unpaired) electrons. The summed E-state index contributed by atoms with van der Waals surface area (Å²) < 4.78 is 13.1. The smallest absolute Gasteiger partial charge is 0.108 e. The van der Waals surface area contributed by atoms with Gasteiger partial charge in [0, 0.05) is 11.5 Å². The van der Waals surface area contributed by atoms with Gasteiger partial charge in [0.25, 0.3) is 0 Å². The molecule has 0 aromatic carbocycles. The zero-order valence-corrected chi connectivity index (χ0v) is 9.35. The lowest BCUT2D eigenvalue weighted by atomic mass is 9.78. The molecular weight excluding hydrogens is 177 g/mol. The maximum atomic E-state index is 13.1. The van der Waals surface area contributed by atoms with Gasteiger partial charge in [-0.3, -0.25) is 0 Å². The second-order valence-electron chi connectivity index (χ2n) is 6.01. The Hall–Kier alpha value is -0.110. The third-order valence-electron chi connectivity index (χ3n) is 4.54. The highest BCUT2D eigenvalue weighted by Crippen LogP contribution is 2.54. The molecule has 2 heteroatoms. The largest absolute Gasteiger partial charge is 0.327 e. The van der Waals surface area contributed by atoms with Crippen molar-refractivity contribution in [2.45, 2.75) is 64.6 Å². The molecule has 0 aromatic rings. The van der Waals surface area contributed by atoms with E-state index in [-0.39, 0.29) is 11.5 Å². The van der Waals surface area contributed by atoms with Crippen LogP contribution in [-0.4, -0.2) is 12.2 Å². The van der Waals surface area contributed by atoms with E-state index in [2.05, 4.69) is 6.92 Å². The van der Waals surface area contributed by atoms with Crippen LogP contribution in [0.4, 0.5) is 4.39 Å². The molecule has 1 nitrogen and oxygen atoms in total. The van der Waals surface area contributed by atoms with E-state index in [0.29, 0.717) is 11.8 Å². The summed E-state index contributed by atoms with van der Waals surface area (Å²) in [6, 6.07) is 0.0700. The Kier molecular flexibility index (Phi) is 2.37. The summed E-state index contributed by atoms with van der Waals surface area (Å²) in [5.74, 6) is 0. The highest BCUT2D eigenvalue weighted by molar-refractivity contribution is 5.07. The van der Waals surface area contributed by atoms with Crippen molar-refractivity contribution in [1.82, 2.24) is 0 Å². The van der Waals surface area contributed by atoms with Crippen LogP contribution in [0.25, 0.3) is 0 Å². The number of halogens is 1. The van der Waals surface area contributed by atoms with E-state index < -0.39 is 6.17 Å². The minimum Gasteiger partial charge on any atom is -0.327 e. The normalized spacial score (nSPS) is 42.4. The average molecular weight is 199 g/mol. The molecule has 0 aromatic heterocycles. The predicted octanol–water partition coefficient (Wildman–Crippen LogP) is 3.03. The van der Waals surface area contributed by atoms with Crippen molar-refractivity contribution < 1.29 is 4.39 Å². The molecule has 2 N–H and O–H groups in total. The summed E-state index contributed by atoms with van der Waals surface area (Å²) in [7, 11) is 0. The highest BCUT2D eigenvalue weighted by Gasteiger charge is 2.56. The summed E-state index contributed by atoms with van der Waals surface area (Å²) in [5, 5.41) is 0. The summed E-state index contributed by atoms with van der Waals surface area (Å²) in [6.45, 7) is 4.32. The molecule has 2 saturated carbocycles. The van der Waals surface area contributed by atoms with Gasteiger partial charge < -0.3 is 5.73 Å². The quantitative estimate of drug-likeness (QED) is 0.743. The van der Waals surface area contributed by atoms with E-state index in [1.54, 1.807) is 0 Å². The van der Waals surface area contributed by atoms with Crippen LogP contribution >= 0.6 is 0 Å². The Morgan fingerprint density at radius 2 is 1.86 bits per heavy atom. The average Bonchev–Trinajstić information content (AvgIpc) is 2.56. The number of nitrogens with two attached hydrogens (primary N) is 1. The molecule has 82 valence electrons. The summed E-state index contributed by atoms with van der Waals surface area (Å²) in [6.07, 6.45) is 6.30. The predicted molar refractivity (Wildman–Crippen MR) is 56.8 cm³/mol. The first kappa shape index (κ1) is 10.4. The zero-order valence-electron chi connectivity index (χ0n) is 9.35. The van der Waals surface area contributed by atoms with Gasteiger partial charge in [0.15, 0.2) is 0 Å². The molecule has 3 unspecified atom stereocenters. The topological polar surface area (TPSA) is 26.0 Å². The van der Waals surface area contributed by atoms with Gasteiger partial charge in [-0.1, -0.05) is 26.7 Å². The first-order chi connectivity index (χ1) is 6.46. The van der Waals surface area contributed by atoms with Crippen LogP contribution < -0.4 is 5.73 Å². The summed E-state index contributed by atoms with van der Waals surface area (Å²) >= 11 is 0. The van der Waals surface area contributed by atoms with E-state index in [9.17, 15) is 4.39 Å². The first-order valence-electron chi connectivity index (χ1n) is 5.86. The minimum atomic E-state index is -0.637. The van der Waals surface area contributed by atoms with Crippen molar-refractivity contribution in [1.29, 1.82) is 0 Å². The van der Waals surface area contributed by atoms with Crippen molar-refractivity contribution in [3.8, 4) is 0 Å². The Labute approximate surface area is 86.2 Å². The molecule has 2 fully saturated rings. The van der Waals surface area contributed by atoms with E-state index >= 15 is 0 Å². The van der Waals surface area contributed by atoms with Crippen LogP contribution in [0.3, 0.4) is 0 Å². The van der Waals surface area contributed by atoms with Crippen LogP contribution in [0, 0.1) is 10.8 Å². The maximum Gasteiger partial charge on any atom is 0.108 e. The lowest BCUT2D eigenvalue weighted by Crippen LogP contribution is -2.36. The van der Waals surface area contributed by atoms with E-state index in [1.165, 1.54) is 25.7 Å². The summed E-state index contributed by atoms with van der Waals surface area (Å²) in [4.78, 5) is 0. The molecule has 3 atom stereocenters. The fourth-order valence-electron chi connectivity index (χ4n) is 2.91. The van der Waals surface area contributed by atoms with Gasteiger partial charge in [-0.15, -0.1) is 0 Å². The molecule has 0 amide bonds. The Balaban J connectivity index is 1.91. The van der Waals surface area contributed by atoms with Crippen LogP contribution in [0.2, 0.25) is 0 Å². The number of rotatable bonds is 3. The monoisotopic (exact) mass is 199 g/mol. The first-order valence-corrected chi connectivity index (χ1v) is 5.86. The van der Waals surface area contributed by atoms with E-state index in [4.69, 9.17) is 5.73 Å². The minimum absolute atomic E-state index is 0.0700. The molecule has 0 heterocycles. The second-order valence-corrected chi connectivity index (χ2v) is 6.01. The third-order valence-corrected chi connectivity index (χ3v) is 4.54. The molecule has 2 rings (SSSR count). The fourth-order valence-corrected chi connectivity index (χ4v) is 2.91. The van der Waals surface area contributed by atoms with Gasteiger partial charge in [0.2, 0.25) is 0 Å². The standard InChI is InChI=1S/C12H22FN/c1-11(5-3-4-6-11)8-10(14)12(2)7-9(12)13/h9-10H,3-8,14H2,1-2H3. The Morgan fingerprint density at radius 3 is 2.29 bits per heavy atom. The van der Waals surface area contributed by atoms with Crippen LogP contribution in [0.5, 0.6) is 0 Å². The van der Waals surface area contributed by atoms with Gasteiger partial charge in [-0.05, 0) is 31.1 Å². The van der Waals surface area contributed by atoms with Crippen molar-refractivity contribution >= 4 is 0 Å². The fraction of sp³-hybridized carbons (Fsp3) is 1.00. The molecule has 2 aliphatic carbocycles. The van der Waals surface area contributed by atoms with Gasteiger partial charge in [0.05, 0.1) is 0 Å². The van der Waals surface area contributed by atoms with E-state index in [1.807, 2.05) is 6.92 Å². The van der Waals surface area contributed by atoms with Gasteiger partial charge in [-0.25, -0.2) is 4.39 Å². The highest BCUT2D eigenvalue weighted by atomic mass is 19.1. The van der Waals surface area contributed by atoms with Gasteiger partial charge >= 0.3 is 0 Å². The zero-order chi connectivity index (χ0) is 10.4. The second kappa shape index (κ2) is 3.19. The van der Waals surface area contributed by atoms with Crippen molar-refractivity contribution in [3.63, 3.8) is 0 Å². The number of alkyl halides is 1. The van der Waals surface area contributed by atoms with Crippen molar-refractivity contribution in [2.24, 2.45) is 16.6 Å². The SMILES string of the molecule is CC1(CC(N)C2(C)CC2F)CCCC1. The third kappa shape index (κ3) is 1.69. The summed E-state index contributed by atoms with van der Waals surface area (Å²) in [5.41, 5.74) is 6.35. The molecule has 2 aliphatic rings. The number of hydrogen-bond donors (Lipinski definition) is 1. The molecule has 0 spiro atoms. The molecular formula is C12H22FN. The van der Waals surface area contributed by atoms with Crippen LogP contribution in [0.1, 0.15) is 52.4 Å². The lowest BCUT2D eigenvalue weighted by molar-refractivity contribution is 0.221. The van der Waals surface area contributed by atoms with Crippen LogP contribution in [0.15, 0.2) is 0 Å². The molecule has 14 heavy (non-hydrogen) atoms. The van der Waals surface area contributed by atoms with Crippen molar-refractivity contribution in [2.75, 3.05) is 0 Å². The molecule has 0 saturated heterocycles. The van der Waals surface area contributed by atoms with Gasteiger partial charge in [0.1, 0.15) is 6.17 Å². The van der Waals surface area contributed by atoms with Crippen LogP contribution in [-0.2, 0) is 0 Å². The van der Waals surface area contributed by atoms with Crippen molar-refractivity contribution in [3.05, 3.63) is 0 Å². The Morgan fingerprint density at radius 1 is 1.36 bits per heavy atom. The lowest BCUT2D eigenvalue weighted by Gasteiger charge is -2.30. The van der Waals surface area contributed by atoms with E-state index in [0.717, 1.165) is 6.42 Å². The molecule has 0 bridgehead atoms. The Bertz CT molecular complexity index is 222.